The molecule has 0 aliphatic carbocycles. The Kier molecular flexibility index (Phi) is 3.69. The Morgan fingerprint density at radius 3 is 1.94 bits per heavy atom. The van der Waals surface area contributed by atoms with Crippen molar-refractivity contribution < 1.29 is 8.83 Å². The minimum Gasteiger partial charge on any atom is -0.467 e. The molecule has 84 valence electrons. The van der Waals surface area contributed by atoms with Crippen molar-refractivity contribution in [2.75, 3.05) is 0 Å². The van der Waals surface area contributed by atoms with Gasteiger partial charge in [0.15, 0.2) is 0 Å². The van der Waals surface area contributed by atoms with Crippen LogP contribution in [-0.2, 0) is 13.1 Å². The van der Waals surface area contributed by atoms with E-state index in [2.05, 4.69) is 12.6 Å². The predicted octanol–water partition coefficient (Wildman–Crippen LogP) is 3.09. The molecular weight excluding hydrogens is 242 g/mol. The van der Waals surface area contributed by atoms with Crippen LogP contribution in [0.25, 0.3) is 0 Å². The minimum atomic E-state index is 0.521. The van der Waals surface area contributed by atoms with Crippen molar-refractivity contribution in [2.24, 2.45) is 0 Å². The molecule has 0 aliphatic heterocycles. The molecule has 0 amide bonds. The molecule has 0 spiro atoms. The largest absolute Gasteiger partial charge is 0.467 e. The number of hydrogen-bond donors (Lipinski definition) is 1. The van der Waals surface area contributed by atoms with Crippen molar-refractivity contribution in [3.05, 3.63) is 48.3 Å². The van der Waals surface area contributed by atoms with Crippen molar-refractivity contribution >= 4 is 29.2 Å². The number of thiocarbonyl (C=S) groups is 1. The number of nitrogens with zero attached hydrogens (tertiary/aromatic N) is 1. The van der Waals surface area contributed by atoms with E-state index in [0.717, 1.165) is 11.5 Å². The standard InChI is InChI=1S/C11H11NO2S2/c15-11(16)12(7-9-3-1-5-13-9)8-10-4-2-6-14-10/h1-6H,7-8H2,(H,15,16). The van der Waals surface area contributed by atoms with Gasteiger partial charge in [-0.2, -0.15) is 0 Å². The second-order valence-electron chi connectivity index (χ2n) is 3.30. The molecule has 16 heavy (non-hydrogen) atoms. The molecule has 2 heterocycles. The van der Waals surface area contributed by atoms with Crippen LogP contribution in [0.1, 0.15) is 11.5 Å². The van der Waals surface area contributed by atoms with Crippen LogP contribution in [0.15, 0.2) is 45.6 Å². The van der Waals surface area contributed by atoms with Crippen LogP contribution in [0.2, 0.25) is 0 Å². The highest BCUT2D eigenvalue weighted by Gasteiger charge is 2.11. The third-order valence-corrected chi connectivity index (χ3v) is 2.67. The molecule has 0 atom stereocenters. The van der Waals surface area contributed by atoms with Crippen molar-refractivity contribution in [3.63, 3.8) is 0 Å². The average Bonchev–Trinajstić information content (AvgIpc) is 2.88. The van der Waals surface area contributed by atoms with Crippen LogP contribution in [0.3, 0.4) is 0 Å². The summed E-state index contributed by atoms with van der Waals surface area (Å²) in [5.74, 6) is 1.70. The van der Waals surface area contributed by atoms with Gasteiger partial charge in [0.2, 0.25) is 0 Å². The summed E-state index contributed by atoms with van der Waals surface area (Å²) in [6, 6.07) is 7.51. The van der Waals surface area contributed by atoms with Gasteiger partial charge in [0.25, 0.3) is 0 Å². The first-order valence-corrected chi connectivity index (χ1v) is 5.64. The van der Waals surface area contributed by atoms with Crippen LogP contribution in [-0.4, -0.2) is 9.22 Å². The van der Waals surface area contributed by atoms with Crippen LogP contribution in [0.4, 0.5) is 0 Å². The molecule has 0 saturated carbocycles. The predicted molar refractivity (Wildman–Crippen MR) is 68.2 cm³/mol. The van der Waals surface area contributed by atoms with Crippen LogP contribution >= 0.6 is 24.8 Å². The van der Waals surface area contributed by atoms with E-state index in [9.17, 15) is 0 Å². The van der Waals surface area contributed by atoms with E-state index in [0.29, 0.717) is 17.4 Å². The summed E-state index contributed by atoms with van der Waals surface area (Å²) in [6.07, 6.45) is 3.28. The van der Waals surface area contributed by atoms with Gasteiger partial charge in [0.05, 0.1) is 25.6 Å². The molecule has 2 rings (SSSR count). The highest BCUT2D eigenvalue weighted by Crippen LogP contribution is 2.13. The molecule has 0 N–H and O–H groups in total. The fraction of sp³-hybridized carbons (Fsp3) is 0.182. The molecule has 0 aromatic carbocycles. The molecule has 0 aliphatic rings. The van der Waals surface area contributed by atoms with Gasteiger partial charge in [0.1, 0.15) is 15.8 Å². The zero-order valence-corrected chi connectivity index (χ0v) is 10.2. The molecular formula is C11H11NO2S2. The van der Waals surface area contributed by atoms with Crippen LogP contribution in [0.5, 0.6) is 0 Å². The monoisotopic (exact) mass is 253 g/mol. The minimum absolute atomic E-state index is 0.521. The number of rotatable bonds is 4. The van der Waals surface area contributed by atoms with Crippen molar-refractivity contribution in [1.82, 2.24) is 4.90 Å². The zero-order valence-electron chi connectivity index (χ0n) is 8.50. The highest BCUT2D eigenvalue weighted by atomic mass is 32.1. The van der Waals surface area contributed by atoms with Gasteiger partial charge in [-0.15, -0.1) is 12.6 Å². The lowest BCUT2D eigenvalue weighted by atomic mass is 10.3. The summed E-state index contributed by atoms with van der Waals surface area (Å²) in [5.41, 5.74) is 0. The molecule has 0 bridgehead atoms. The summed E-state index contributed by atoms with van der Waals surface area (Å²) in [4.78, 5) is 1.90. The summed E-state index contributed by atoms with van der Waals surface area (Å²) < 4.78 is 11.1. The van der Waals surface area contributed by atoms with Gasteiger partial charge in [-0.25, -0.2) is 0 Å². The Hall–Kier alpha value is -1.20. The molecule has 0 unspecified atom stereocenters. The number of furan rings is 2. The first-order valence-electron chi connectivity index (χ1n) is 4.78. The van der Waals surface area contributed by atoms with E-state index < -0.39 is 0 Å². The van der Waals surface area contributed by atoms with Crippen molar-refractivity contribution in [3.8, 4) is 0 Å². The van der Waals surface area contributed by atoms with Crippen molar-refractivity contribution in [1.29, 1.82) is 0 Å². The Morgan fingerprint density at radius 1 is 1.12 bits per heavy atom. The normalized spacial score (nSPS) is 10.3. The van der Waals surface area contributed by atoms with E-state index in [1.165, 1.54) is 0 Å². The summed E-state index contributed by atoms with van der Waals surface area (Å²) in [6.45, 7) is 1.19. The van der Waals surface area contributed by atoms with E-state index in [4.69, 9.17) is 21.1 Å². The summed E-state index contributed by atoms with van der Waals surface area (Å²) >= 11 is 9.26. The van der Waals surface area contributed by atoms with Gasteiger partial charge in [-0.1, -0.05) is 12.2 Å². The Labute approximate surface area is 104 Å². The first-order chi connectivity index (χ1) is 7.75. The first kappa shape index (κ1) is 11.3. The topological polar surface area (TPSA) is 29.5 Å². The van der Waals surface area contributed by atoms with E-state index >= 15 is 0 Å². The van der Waals surface area contributed by atoms with Gasteiger partial charge in [-0.05, 0) is 24.3 Å². The van der Waals surface area contributed by atoms with Gasteiger partial charge >= 0.3 is 0 Å². The fourth-order valence-electron chi connectivity index (χ4n) is 1.37. The third kappa shape index (κ3) is 2.90. The molecule has 0 saturated heterocycles. The Morgan fingerprint density at radius 2 is 1.62 bits per heavy atom. The van der Waals surface area contributed by atoms with E-state index in [1.54, 1.807) is 12.5 Å². The maximum absolute atomic E-state index is 5.27. The molecule has 3 nitrogen and oxygen atoms in total. The number of thiol groups is 1. The molecule has 0 fully saturated rings. The van der Waals surface area contributed by atoms with Gasteiger partial charge < -0.3 is 13.7 Å². The lowest BCUT2D eigenvalue weighted by molar-refractivity contribution is 0.334. The molecule has 5 heteroatoms. The third-order valence-electron chi connectivity index (χ3n) is 2.12. The van der Waals surface area contributed by atoms with E-state index in [1.807, 2.05) is 29.2 Å². The SMILES string of the molecule is S=C(S)N(Cc1ccco1)Cc1ccco1. The van der Waals surface area contributed by atoms with Gasteiger partial charge in [-0.3, -0.25) is 0 Å². The average molecular weight is 253 g/mol. The fourth-order valence-corrected chi connectivity index (χ4v) is 1.64. The Bertz CT molecular complexity index is 400. The maximum atomic E-state index is 5.27. The van der Waals surface area contributed by atoms with Crippen LogP contribution < -0.4 is 0 Å². The van der Waals surface area contributed by atoms with Gasteiger partial charge in [0, 0.05) is 0 Å². The van der Waals surface area contributed by atoms with Crippen LogP contribution in [0, 0.1) is 0 Å². The molecule has 2 aromatic rings. The zero-order chi connectivity index (χ0) is 11.4. The Balaban J connectivity index is 2.03. The van der Waals surface area contributed by atoms with Crippen molar-refractivity contribution in [2.45, 2.75) is 13.1 Å². The number of hydrogen-bond acceptors (Lipinski definition) is 3. The maximum Gasteiger partial charge on any atom is 0.134 e. The smallest absolute Gasteiger partial charge is 0.134 e. The molecule has 2 aromatic heterocycles. The van der Waals surface area contributed by atoms with E-state index in [-0.39, 0.29) is 0 Å². The lowest BCUT2D eigenvalue weighted by Gasteiger charge is -2.19. The summed E-state index contributed by atoms with van der Waals surface area (Å²) in [7, 11) is 0. The second-order valence-corrected chi connectivity index (χ2v) is 4.41. The molecule has 0 radical (unpaired) electrons. The second kappa shape index (κ2) is 5.23. The lowest BCUT2D eigenvalue weighted by Crippen LogP contribution is -2.24. The summed E-state index contributed by atoms with van der Waals surface area (Å²) in [5, 5.41) is 0. The quantitative estimate of drug-likeness (QED) is 0.670. The highest BCUT2D eigenvalue weighted by molar-refractivity contribution is 8.10.